The molecule has 7 nitrogen and oxygen atoms in total. The predicted octanol–water partition coefficient (Wildman–Crippen LogP) is 2.83. The second-order valence-electron chi connectivity index (χ2n) is 7.01. The standard InChI is InChI=1S/C23H21FN4O3/c1-31-19-4-2-3-16(14-19)20-6-8-23(30)28(26-20)15-22(29)25-10-12-27-11-9-17-13-18(24)5-7-21(17)27/h2-9,11,13-14H,10,12,15H2,1H3,(H,25,29). The number of carbonyl (C=O) groups is 1. The Morgan fingerprint density at radius 1 is 1.13 bits per heavy atom. The molecule has 0 aliphatic rings. The number of nitrogens with one attached hydrogen (secondary N) is 1. The van der Waals surface area contributed by atoms with Crippen molar-refractivity contribution in [1.82, 2.24) is 19.7 Å². The number of amides is 1. The van der Waals surface area contributed by atoms with Crippen LogP contribution in [0, 0.1) is 5.82 Å². The van der Waals surface area contributed by atoms with Crippen molar-refractivity contribution >= 4 is 16.8 Å². The van der Waals surface area contributed by atoms with E-state index in [0.29, 0.717) is 24.5 Å². The molecule has 4 rings (SSSR count). The molecular formula is C23H21FN4O3. The second-order valence-corrected chi connectivity index (χ2v) is 7.01. The van der Waals surface area contributed by atoms with E-state index in [1.807, 2.05) is 41.1 Å². The van der Waals surface area contributed by atoms with Gasteiger partial charge in [0.15, 0.2) is 0 Å². The fourth-order valence-corrected chi connectivity index (χ4v) is 3.37. The first-order valence-electron chi connectivity index (χ1n) is 9.77. The van der Waals surface area contributed by atoms with Gasteiger partial charge in [0.2, 0.25) is 5.91 Å². The van der Waals surface area contributed by atoms with Crippen LogP contribution >= 0.6 is 0 Å². The lowest BCUT2D eigenvalue weighted by Gasteiger charge is -2.10. The summed E-state index contributed by atoms with van der Waals surface area (Å²) in [6.07, 6.45) is 1.85. The van der Waals surface area contributed by atoms with Gasteiger partial charge in [0.25, 0.3) is 5.56 Å². The van der Waals surface area contributed by atoms with Gasteiger partial charge in [0, 0.05) is 41.8 Å². The molecule has 0 unspecified atom stereocenters. The second kappa shape index (κ2) is 8.83. The number of ether oxygens (including phenoxy) is 1. The van der Waals surface area contributed by atoms with Crippen LogP contribution in [-0.2, 0) is 17.9 Å². The van der Waals surface area contributed by atoms with Gasteiger partial charge in [-0.3, -0.25) is 9.59 Å². The van der Waals surface area contributed by atoms with Gasteiger partial charge in [-0.2, -0.15) is 5.10 Å². The van der Waals surface area contributed by atoms with E-state index in [1.165, 1.54) is 18.2 Å². The van der Waals surface area contributed by atoms with Crippen molar-refractivity contribution in [2.24, 2.45) is 0 Å². The van der Waals surface area contributed by atoms with Crippen LogP contribution < -0.4 is 15.6 Å². The smallest absolute Gasteiger partial charge is 0.267 e. The molecular weight excluding hydrogens is 399 g/mol. The van der Waals surface area contributed by atoms with E-state index in [1.54, 1.807) is 19.2 Å². The Balaban J connectivity index is 1.40. The minimum atomic E-state index is -0.361. The summed E-state index contributed by atoms with van der Waals surface area (Å²) < 4.78 is 21.6. The van der Waals surface area contributed by atoms with E-state index >= 15 is 0 Å². The monoisotopic (exact) mass is 420 g/mol. The Bertz CT molecular complexity index is 1300. The molecule has 0 spiro atoms. The number of carbonyl (C=O) groups excluding carboxylic acids is 1. The van der Waals surface area contributed by atoms with Gasteiger partial charge in [-0.25, -0.2) is 9.07 Å². The molecule has 1 N–H and O–H groups in total. The number of hydrogen-bond donors (Lipinski definition) is 1. The normalized spacial score (nSPS) is 10.9. The molecule has 0 fully saturated rings. The SMILES string of the molecule is COc1cccc(-c2ccc(=O)n(CC(=O)NCCn3ccc4cc(F)ccc43)n2)c1. The molecule has 1 amide bonds. The molecule has 31 heavy (non-hydrogen) atoms. The van der Waals surface area contributed by atoms with Crippen LogP contribution in [0.2, 0.25) is 0 Å². The van der Waals surface area contributed by atoms with Gasteiger partial charge in [-0.15, -0.1) is 0 Å². The fraction of sp³-hybridized carbons (Fsp3) is 0.174. The van der Waals surface area contributed by atoms with Crippen molar-refractivity contribution in [1.29, 1.82) is 0 Å². The highest BCUT2D eigenvalue weighted by Gasteiger charge is 2.09. The summed E-state index contributed by atoms with van der Waals surface area (Å²) in [7, 11) is 1.58. The third kappa shape index (κ3) is 4.63. The van der Waals surface area contributed by atoms with Gasteiger partial charge < -0.3 is 14.6 Å². The maximum Gasteiger partial charge on any atom is 0.267 e. The molecule has 0 bridgehead atoms. The van der Waals surface area contributed by atoms with Crippen molar-refractivity contribution in [3.63, 3.8) is 0 Å². The molecule has 2 aromatic carbocycles. The molecule has 4 aromatic rings. The van der Waals surface area contributed by atoms with E-state index in [9.17, 15) is 14.0 Å². The minimum Gasteiger partial charge on any atom is -0.497 e. The van der Waals surface area contributed by atoms with Gasteiger partial charge in [0.05, 0.1) is 12.8 Å². The number of hydrogen-bond acceptors (Lipinski definition) is 4. The number of halogens is 1. The zero-order chi connectivity index (χ0) is 21.8. The Morgan fingerprint density at radius 2 is 2.00 bits per heavy atom. The van der Waals surface area contributed by atoms with Crippen molar-refractivity contribution in [2.75, 3.05) is 13.7 Å². The highest BCUT2D eigenvalue weighted by molar-refractivity contribution is 5.80. The van der Waals surface area contributed by atoms with E-state index in [2.05, 4.69) is 10.4 Å². The summed E-state index contributed by atoms with van der Waals surface area (Å²) >= 11 is 0. The van der Waals surface area contributed by atoms with Gasteiger partial charge in [-0.1, -0.05) is 12.1 Å². The maximum absolute atomic E-state index is 13.3. The quantitative estimate of drug-likeness (QED) is 0.499. The summed E-state index contributed by atoms with van der Waals surface area (Å²) in [4.78, 5) is 24.5. The van der Waals surface area contributed by atoms with Crippen LogP contribution in [0.3, 0.4) is 0 Å². The number of methoxy groups -OCH3 is 1. The molecule has 0 aliphatic carbocycles. The molecule has 2 aromatic heterocycles. The topological polar surface area (TPSA) is 78.1 Å². The van der Waals surface area contributed by atoms with Crippen LogP contribution in [0.25, 0.3) is 22.2 Å². The van der Waals surface area contributed by atoms with Gasteiger partial charge in [0.1, 0.15) is 18.1 Å². The molecule has 0 saturated carbocycles. The Kier molecular flexibility index (Phi) is 5.79. The fourth-order valence-electron chi connectivity index (χ4n) is 3.37. The Morgan fingerprint density at radius 3 is 2.84 bits per heavy atom. The molecule has 0 radical (unpaired) electrons. The van der Waals surface area contributed by atoms with E-state index in [0.717, 1.165) is 21.1 Å². The summed E-state index contributed by atoms with van der Waals surface area (Å²) in [5.41, 5.74) is 1.88. The van der Waals surface area contributed by atoms with Crippen molar-refractivity contribution in [3.8, 4) is 17.0 Å². The summed E-state index contributed by atoms with van der Waals surface area (Å²) in [6.45, 7) is 0.700. The molecule has 0 atom stereocenters. The van der Waals surface area contributed by atoms with Crippen LogP contribution in [-0.4, -0.2) is 33.9 Å². The van der Waals surface area contributed by atoms with E-state index < -0.39 is 0 Å². The lowest BCUT2D eigenvalue weighted by molar-refractivity contribution is -0.121. The number of benzene rings is 2. The average Bonchev–Trinajstić information content (AvgIpc) is 3.17. The first-order chi connectivity index (χ1) is 15.0. The Hall–Kier alpha value is -3.94. The van der Waals surface area contributed by atoms with Crippen LogP contribution in [0.5, 0.6) is 5.75 Å². The number of rotatable bonds is 7. The summed E-state index contributed by atoms with van der Waals surface area (Å²) in [6, 6.07) is 16.7. The third-order valence-corrected chi connectivity index (χ3v) is 4.93. The lowest BCUT2D eigenvalue weighted by atomic mass is 10.1. The number of nitrogens with zero attached hydrogens (tertiary/aromatic N) is 3. The average molecular weight is 420 g/mol. The third-order valence-electron chi connectivity index (χ3n) is 4.93. The van der Waals surface area contributed by atoms with Crippen LogP contribution in [0.15, 0.2) is 71.7 Å². The summed E-state index contributed by atoms with van der Waals surface area (Å²) in [5, 5.41) is 7.91. The number of fused-ring (bicyclic) bond motifs is 1. The number of aromatic nitrogens is 3. The highest BCUT2D eigenvalue weighted by atomic mass is 19.1. The maximum atomic E-state index is 13.3. The first-order valence-corrected chi connectivity index (χ1v) is 9.77. The predicted molar refractivity (Wildman–Crippen MR) is 115 cm³/mol. The molecule has 2 heterocycles. The molecule has 158 valence electrons. The van der Waals surface area contributed by atoms with Gasteiger partial charge in [-0.05, 0) is 42.5 Å². The molecule has 0 saturated heterocycles. The van der Waals surface area contributed by atoms with Crippen LogP contribution in [0.4, 0.5) is 4.39 Å². The van der Waals surface area contributed by atoms with E-state index in [4.69, 9.17) is 4.74 Å². The van der Waals surface area contributed by atoms with Crippen LogP contribution in [0.1, 0.15) is 0 Å². The molecule has 8 heteroatoms. The zero-order valence-electron chi connectivity index (χ0n) is 16.9. The largest absolute Gasteiger partial charge is 0.497 e. The first kappa shape index (κ1) is 20.3. The summed E-state index contributed by atoms with van der Waals surface area (Å²) in [5.74, 6) is 0.0719. The highest BCUT2D eigenvalue weighted by Crippen LogP contribution is 2.21. The minimum absolute atomic E-state index is 0.186. The Labute approximate surface area is 177 Å². The zero-order valence-corrected chi connectivity index (χ0v) is 16.9. The lowest BCUT2D eigenvalue weighted by Crippen LogP contribution is -2.35. The van der Waals surface area contributed by atoms with Crippen molar-refractivity contribution in [3.05, 3.63) is 83.0 Å². The van der Waals surface area contributed by atoms with Crippen molar-refractivity contribution < 1.29 is 13.9 Å². The van der Waals surface area contributed by atoms with Gasteiger partial charge >= 0.3 is 0 Å². The van der Waals surface area contributed by atoms with Crippen molar-refractivity contribution in [2.45, 2.75) is 13.1 Å². The van der Waals surface area contributed by atoms with E-state index in [-0.39, 0.29) is 23.8 Å². The molecule has 0 aliphatic heterocycles.